The predicted octanol–water partition coefficient (Wildman–Crippen LogP) is -1.60. The first-order valence-electron chi connectivity index (χ1n) is 4.90. The summed E-state index contributed by atoms with van der Waals surface area (Å²) in [5.41, 5.74) is 4.35. The molecule has 90 valence electrons. The van der Waals surface area contributed by atoms with E-state index in [0.717, 1.165) is 5.01 Å². The monoisotopic (exact) mass is 228 g/mol. The van der Waals surface area contributed by atoms with Gasteiger partial charge in [-0.05, 0) is 13.8 Å². The zero-order valence-electron chi connectivity index (χ0n) is 9.61. The molecular formula is C9H16N4O3. The summed E-state index contributed by atoms with van der Waals surface area (Å²) in [6.45, 7) is 4.61. The van der Waals surface area contributed by atoms with Crippen LogP contribution in [0.3, 0.4) is 0 Å². The van der Waals surface area contributed by atoms with Gasteiger partial charge in [-0.15, -0.1) is 0 Å². The minimum atomic E-state index is -0.696. The van der Waals surface area contributed by atoms with E-state index in [1.165, 1.54) is 11.9 Å². The van der Waals surface area contributed by atoms with Crippen LogP contribution in [0.2, 0.25) is 0 Å². The molecule has 1 heterocycles. The molecule has 0 atom stereocenters. The van der Waals surface area contributed by atoms with Gasteiger partial charge in [-0.3, -0.25) is 19.7 Å². The number of carbonyl (C=O) groups excluding carboxylic acids is 3. The number of rotatable bonds is 3. The van der Waals surface area contributed by atoms with Crippen molar-refractivity contribution in [2.45, 2.75) is 26.4 Å². The van der Waals surface area contributed by atoms with E-state index in [9.17, 15) is 14.4 Å². The van der Waals surface area contributed by atoms with E-state index in [1.807, 2.05) is 0 Å². The number of primary amides is 1. The Kier molecular flexibility index (Phi) is 3.18. The van der Waals surface area contributed by atoms with E-state index >= 15 is 0 Å². The summed E-state index contributed by atoms with van der Waals surface area (Å²) < 4.78 is 0. The number of hydrogen-bond donors (Lipinski definition) is 2. The Hall–Kier alpha value is -1.63. The molecule has 0 aromatic carbocycles. The molecule has 0 radical (unpaired) electrons. The molecule has 1 saturated heterocycles. The highest BCUT2D eigenvalue weighted by Gasteiger charge is 2.42. The molecule has 3 amide bonds. The first-order chi connectivity index (χ1) is 7.25. The molecule has 1 rings (SSSR count). The van der Waals surface area contributed by atoms with Gasteiger partial charge in [-0.1, -0.05) is 0 Å². The molecule has 7 heteroatoms. The van der Waals surface area contributed by atoms with Gasteiger partial charge in [0.25, 0.3) is 5.91 Å². The summed E-state index contributed by atoms with van der Waals surface area (Å²) in [7, 11) is 0. The van der Waals surface area contributed by atoms with Crippen molar-refractivity contribution in [3.63, 3.8) is 0 Å². The highest BCUT2D eigenvalue weighted by atomic mass is 16.2. The number of nitrogens with zero attached hydrogens (tertiary/aromatic N) is 2. The van der Waals surface area contributed by atoms with Crippen LogP contribution in [0, 0.1) is 0 Å². The first kappa shape index (κ1) is 12.4. The van der Waals surface area contributed by atoms with Crippen molar-refractivity contribution in [2.75, 3.05) is 13.1 Å². The largest absolute Gasteiger partial charge is 0.368 e. The highest BCUT2D eigenvalue weighted by molar-refractivity contribution is 5.87. The molecule has 16 heavy (non-hydrogen) atoms. The van der Waals surface area contributed by atoms with Gasteiger partial charge in [0.1, 0.15) is 12.2 Å². The fourth-order valence-corrected chi connectivity index (χ4v) is 1.66. The van der Waals surface area contributed by atoms with E-state index in [0.29, 0.717) is 0 Å². The lowest BCUT2D eigenvalue weighted by atomic mass is 10.2. The van der Waals surface area contributed by atoms with Gasteiger partial charge in [-0.25, -0.2) is 10.0 Å². The minimum absolute atomic E-state index is 0.134. The fourth-order valence-electron chi connectivity index (χ4n) is 1.66. The molecule has 0 aliphatic carbocycles. The van der Waals surface area contributed by atoms with Crippen LogP contribution in [-0.4, -0.2) is 46.5 Å². The third-order valence-electron chi connectivity index (χ3n) is 2.35. The normalized spacial score (nSPS) is 18.7. The topological polar surface area (TPSA) is 95.7 Å². The Balaban J connectivity index is 2.97. The van der Waals surface area contributed by atoms with E-state index in [1.54, 1.807) is 13.8 Å². The molecule has 3 N–H and O–H groups in total. The maximum absolute atomic E-state index is 11.6. The van der Waals surface area contributed by atoms with Crippen LogP contribution in [0.5, 0.6) is 0 Å². The summed E-state index contributed by atoms with van der Waals surface area (Å²) >= 11 is 0. The fraction of sp³-hybridized carbons (Fsp3) is 0.667. The SMILES string of the molecule is CC(=O)N(CC(N)=O)N1C(=O)CNC1(C)C. The highest BCUT2D eigenvalue weighted by Crippen LogP contribution is 2.19. The molecule has 0 spiro atoms. The lowest BCUT2D eigenvalue weighted by Gasteiger charge is -2.38. The third kappa shape index (κ3) is 2.30. The lowest BCUT2D eigenvalue weighted by Crippen LogP contribution is -2.59. The molecule has 0 bridgehead atoms. The number of nitrogens with one attached hydrogen (secondary N) is 1. The quantitative estimate of drug-likeness (QED) is 0.608. The maximum Gasteiger partial charge on any atom is 0.256 e. The minimum Gasteiger partial charge on any atom is -0.368 e. The molecule has 1 aliphatic rings. The maximum atomic E-state index is 11.6. The summed E-state index contributed by atoms with van der Waals surface area (Å²) in [6, 6.07) is 0. The number of amides is 3. The van der Waals surface area contributed by atoms with Gasteiger partial charge >= 0.3 is 0 Å². The summed E-state index contributed by atoms with van der Waals surface area (Å²) in [6.07, 6.45) is 0. The van der Waals surface area contributed by atoms with Crippen LogP contribution in [0.25, 0.3) is 0 Å². The Morgan fingerprint density at radius 3 is 2.44 bits per heavy atom. The number of carbonyl (C=O) groups is 3. The Morgan fingerprint density at radius 1 is 1.56 bits per heavy atom. The summed E-state index contributed by atoms with van der Waals surface area (Å²) in [5, 5.41) is 5.23. The van der Waals surface area contributed by atoms with Crippen LogP contribution < -0.4 is 11.1 Å². The predicted molar refractivity (Wildman–Crippen MR) is 55.5 cm³/mol. The van der Waals surface area contributed by atoms with Gasteiger partial charge in [0.05, 0.1) is 6.54 Å². The first-order valence-corrected chi connectivity index (χ1v) is 4.90. The van der Waals surface area contributed by atoms with Crippen LogP contribution >= 0.6 is 0 Å². The van der Waals surface area contributed by atoms with Crippen molar-refractivity contribution in [2.24, 2.45) is 5.73 Å². The summed E-state index contributed by atoms with van der Waals surface area (Å²) in [4.78, 5) is 33.9. The van der Waals surface area contributed by atoms with Crippen molar-refractivity contribution < 1.29 is 14.4 Å². The lowest BCUT2D eigenvalue weighted by molar-refractivity contribution is -0.169. The van der Waals surface area contributed by atoms with Crippen LogP contribution in [0.1, 0.15) is 20.8 Å². The smallest absolute Gasteiger partial charge is 0.256 e. The molecule has 0 aromatic heterocycles. The van der Waals surface area contributed by atoms with E-state index in [4.69, 9.17) is 5.73 Å². The van der Waals surface area contributed by atoms with Gasteiger partial charge in [0, 0.05) is 6.92 Å². The molecule has 7 nitrogen and oxygen atoms in total. The molecule has 0 saturated carbocycles. The zero-order chi connectivity index (χ0) is 12.5. The van der Waals surface area contributed by atoms with Crippen molar-refractivity contribution in [1.82, 2.24) is 15.3 Å². The second kappa shape index (κ2) is 4.09. The molecule has 1 aliphatic heterocycles. The molecule has 1 fully saturated rings. The Morgan fingerprint density at radius 2 is 2.12 bits per heavy atom. The van der Waals surface area contributed by atoms with E-state index in [2.05, 4.69) is 5.32 Å². The van der Waals surface area contributed by atoms with Gasteiger partial charge < -0.3 is 5.73 Å². The number of hydrogen-bond acceptors (Lipinski definition) is 4. The Labute approximate surface area is 93.5 Å². The third-order valence-corrected chi connectivity index (χ3v) is 2.35. The number of hydrazine groups is 1. The average Bonchev–Trinajstić information content (AvgIpc) is 2.37. The van der Waals surface area contributed by atoms with E-state index < -0.39 is 17.5 Å². The average molecular weight is 228 g/mol. The Bertz CT molecular complexity index is 340. The van der Waals surface area contributed by atoms with Crippen molar-refractivity contribution in [3.05, 3.63) is 0 Å². The standard InChI is InChI=1S/C9H16N4O3/c1-6(14)12(5-7(10)15)13-8(16)4-11-9(13,2)3/h11H,4-5H2,1-3H3,(H2,10,15). The van der Waals surface area contributed by atoms with Gasteiger partial charge in [0.15, 0.2) is 0 Å². The zero-order valence-corrected chi connectivity index (χ0v) is 9.61. The number of nitrogens with two attached hydrogens (primary N) is 1. The van der Waals surface area contributed by atoms with E-state index in [-0.39, 0.29) is 19.0 Å². The van der Waals surface area contributed by atoms with Crippen LogP contribution in [-0.2, 0) is 14.4 Å². The summed E-state index contributed by atoms with van der Waals surface area (Å²) in [5.74, 6) is -1.32. The molecule has 0 unspecified atom stereocenters. The second-order valence-corrected chi connectivity index (χ2v) is 4.16. The van der Waals surface area contributed by atoms with Crippen LogP contribution in [0.15, 0.2) is 0 Å². The molecule has 0 aromatic rings. The van der Waals surface area contributed by atoms with Crippen LogP contribution in [0.4, 0.5) is 0 Å². The van der Waals surface area contributed by atoms with Gasteiger partial charge in [-0.2, -0.15) is 0 Å². The molecular weight excluding hydrogens is 212 g/mol. The van der Waals surface area contributed by atoms with Gasteiger partial charge in [0.2, 0.25) is 11.8 Å². The van der Waals surface area contributed by atoms with Crippen molar-refractivity contribution in [1.29, 1.82) is 0 Å². The second-order valence-electron chi connectivity index (χ2n) is 4.16. The van der Waals surface area contributed by atoms with Crippen molar-refractivity contribution >= 4 is 17.7 Å². The van der Waals surface area contributed by atoms with Crippen molar-refractivity contribution in [3.8, 4) is 0 Å².